The molecule has 0 amide bonds. The summed E-state index contributed by atoms with van der Waals surface area (Å²) in [4.78, 5) is 0. The number of hydrogen-bond acceptors (Lipinski definition) is 1. The molecule has 0 saturated carbocycles. The van der Waals surface area contributed by atoms with Crippen LogP contribution in [0.3, 0.4) is 0 Å². The molecule has 0 spiro atoms. The topological polar surface area (TPSA) is 26.0 Å². The highest BCUT2D eigenvalue weighted by Crippen LogP contribution is 2.28. The summed E-state index contributed by atoms with van der Waals surface area (Å²) in [6, 6.07) is 0. The maximum atomic E-state index is 5.86. The van der Waals surface area contributed by atoms with Crippen molar-refractivity contribution in [1.29, 1.82) is 0 Å². The van der Waals surface area contributed by atoms with Gasteiger partial charge >= 0.3 is 0 Å². The summed E-state index contributed by atoms with van der Waals surface area (Å²) in [6.45, 7) is 7.74. The van der Waals surface area contributed by atoms with Gasteiger partial charge in [-0.25, -0.2) is 0 Å². The summed E-state index contributed by atoms with van der Waals surface area (Å²) in [5.74, 6) is 0. The standard InChI is InChI=1S/C14H31N/c1-4-6-7-8-9-10-12-14(3,13-15)11-5-2/h4-13,15H2,1-3H3. The first kappa shape index (κ1) is 15.0. The number of hydrogen-bond donors (Lipinski definition) is 1. The molecule has 15 heavy (non-hydrogen) atoms. The van der Waals surface area contributed by atoms with Gasteiger partial charge < -0.3 is 5.73 Å². The van der Waals surface area contributed by atoms with Crippen molar-refractivity contribution < 1.29 is 0 Å². The fraction of sp³-hybridized carbons (Fsp3) is 1.00. The fourth-order valence-corrected chi connectivity index (χ4v) is 2.26. The second-order valence-electron chi connectivity index (χ2n) is 5.28. The van der Waals surface area contributed by atoms with Gasteiger partial charge in [0.1, 0.15) is 0 Å². The van der Waals surface area contributed by atoms with Gasteiger partial charge in [-0.2, -0.15) is 0 Å². The van der Waals surface area contributed by atoms with Crippen LogP contribution in [-0.4, -0.2) is 6.54 Å². The van der Waals surface area contributed by atoms with Crippen LogP contribution in [0.5, 0.6) is 0 Å². The summed E-state index contributed by atoms with van der Waals surface area (Å²) >= 11 is 0. The molecular weight excluding hydrogens is 182 g/mol. The first-order valence-electron chi connectivity index (χ1n) is 6.88. The average molecular weight is 213 g/mol. The van der Waals surface area contributed by atoms with E-state index in [-0.39, 0.29) is 0 Å². The maximum Gasteiger partial charge on any atom is -0.00232 e. The molecule has 2 N–H and O–H groups in total. The molecule has 0 fully saturated rings. The molecule has 0 aliphatic heterocycles. The van der Waals surface area contributed by atoms with Crippen LogP contribution in [0.4, 0.5) is 0 Å². The number of rotatable bonds is 10. The van der Waals surface area contributed by atoms with E-state index >= 15 is 0 Å². The summed E-state index contributed by atoms with van der Waals surface area (Å²) in [5.41, 5.74) is 6.27. The molecule has 0 aromatic rings. The van der Waals surface area contributed by atoms with Crippen molar-refractivity contribution in [3.05, 3.63) is 0 Å². The Morgan fingerprint density at radius 1 is 0.800 bits per heavy atom. The Labute approximate surface area is 96.8 Å². The van der Waals surface area contributed by atoms with Gasteiger partial charge in [-0.1, -0.05) is 65.7 Å². The molecule has 0 aromatic carbocycles. The van der Waals surface area contributed by atoms with Crippen molar-refractivity contribution in [3.8, 4) is 0 Å². The maximum absolute atomic E-state index is 5.86. The summed E-state index contributed by atoms with van der Waals surface area (Å²) in [7, 11) is 0. The molecule has 1 heteroatoms. The molecule has 1 unspecified atom stereocenters. The van der Waals surface area contributed by atoms with E-state index in [4.69, 9.17) is 5.73 Å². The van der Waals surface area contributed by atoms with Gasteiger partial charge in [0.15, 0.2) is 0 Å². The minimum Gasteiger partial charge on any atom is -0.330 e. The zero-order chi connectivity index (χ0) is 11.6. The minimum absolute atomic E-state index is 0.416. The lowest BCUT2D eigenvalue weighted by Crippen LogP contribution is -2.26. The molecule has 0 heterocycles. The monoisotopic (exact) mass is 213 g/mol. The predicted molar refractivity (Wildman–Crippen MR) is 70.1 cm³/mol. The molecule has 0 rings (SSSR count). The lowest BCUT2D eigenvalue weighted by molar-refractivity contribution is 0.269. The highest BCUT2D eigenvalue weighted by molar-refractivity contribution is 4.74. The third-order valence-electron chi connectivity index (χ3n) is 3.48. The van der Waals surface area contributed by atoms with E-state index in [1.54, 1.807) is 0 Å². The van der Waals surface area contributed by atoms with Gasteiger partial charge in [0.05, 0.1) is 0 Å². The highest BCUT2D eigenvalue weighted by Gasteiger charge is 2.20. The molecule has 92 valence electrons. The fourth-order valence-electron chi connectivity index (χ4n) is 2.26. The van der Waals surface area contributed by atoms with Crippen LogP contribution in [0, 0.1) is 5.41 Å². The minimum atomic E-state index is 0.416. The smallest absolute Gasteiger partial charge is 0.00232 e. The molecule has 0 saturated heterocycles. The third kappa shape index (κ3) is 7.84. The van der Waals surface area contributed by atoms with E-state index in [1.807, 2.05) is 0 Å². The zero-order valence-electron chi connectivity index (χ0n) is 11.1. The van der Waals surface area contributed by atoms with Crippen molar-refractivity contribution in [2.45, 2.75) is 78.6 Å². The van der Waals surface area contributed by atoms with Crippen LogP contribution < -0.4 is 5.73 Å². The Kier molecular flexibility index (Phi) is 9.18. The largest absolute Gasteiger partial charge is 0.330 e. The second-order valence-corrected chi connectivity index (χ2v) is 5.28. The Balaban J connectivity index is 3.46. The predicted octanol–water partition coefficient (Wildman–Crippen LogP) is 4.50. The van der Waals surface area contributed by atoms with Crippen molar-refractivity contribution in [3.63, 3.8) is 0 Å². The van der Waals surface area contributed by atoms with Crippen LogP contribution in [0.25, 0.3) is 0 Å². The molecule has 0 aliphatic rings. The molecule has 0 radical (unpaired) electrons. The average Bonchev–Trinajstić information content (AvgIpc) is 2.24. The van der Waals surface area contributed by atoms with Crippen molar-refractivity contribution in [2.75, 3.05) is 6.54 Å². The van der Waals surface area contributed by atoms with Crippen molar-refractivity contribution >= 4 is 0 Å². The summed E-state index contributed by atoms with van der Waals surface area (Å²) < 4.78 is 0. The van der Waals surface area contributed by atoms with Crippen LogP contribution in [-0.2, 0) is 0 Å². The quantitative estimate of drug-likeness (QED) is 0.531. The first-order chi connectivity index (χ1) is 7.18. The Morgan fingerprint density at radius 2 is 1.40 bits per heavy atom. The number of nitrogens with two attached hydrogens (primary N) is 1. The molecule has 0 aliphatic carbocycles. The van der Waals surface area contributed by atoms with Crippen LogP contribution >= 0.6 is 0 Å². The first-order valence-corrected chi connectivity index (χ1v) is 6.88. The van der Waals surface area contributed by atoms with Crippen LogP contribution in [0.1, 0.15) is 78.6 Å². The van der Waals surface area contributed by atoms with Gasteiger partial charge in [-0.05, 0) is 24.8 Å². The molecular formula is C14H31N. The zero-order valence-corrected chi connectivity index (χ0v) is 11.1. The van der Waals surface area contributed by atoms with Gasteiger partial charge in [0.25, 0.3) is 0 Å². The Hall–Kier alpha value is -0.0400. The van der Waals surface area contributed by atoms with Crippen molar-refractivity contribution in [2.24, 2.45) is 11.1 Å². The molecule has 0 bridgehead atoms. The second kappa shape index (κ2) is 9.21. The van der Waals surface area contributed by atoms with Gasteiger partial charge in [0, 0.05) is 0 Å². The van der Waals surface area contributed by atoms with E-state index in [0.717, 1.165) is 6.54 Å². The van der Waals surface area contributed by atoms with Gasteiger partial charge in [-0.3, -0.25) is 0 Å². The highest BCUT2D eigenvalue weighted by atomic mass is 14.6. The van der Waals surface area contributed by atoms with E-state index in [1.165, 1.54) is 57.8 Å². The van der Waals surface area contributed by atoms with Crippen LogP contribution in [0.2, 0.25) is 0 Å². The van der Waals surface area contributed by atoms with E-state index < -0.39 is 0 Å². The Morgan fingerprint density at radius 3 is 1.93 bits per heavy atom. The van der Waals surface area contributed by atoms with E-state index in [0.29, 0.717) is 5.41 Å². The van der Waals surface area contributed by atoms with Gasteiger partial charge in [-0.15, -0.1) is 0 Å². The SMILES string of the molecule is CCCCCCCCC(C)(CN)CCC. The van der Waals surface area contributed by atoms with Crippen molar-refractivity contribution in [1.82, 2.24) is 0 Å². The molecule has 1 nitrogen and oxygen atoms in total. The lowest BCUT2D eigenvalue weighted by atomic mass is 9.80. The Bertz CT molecular complexity index is 133. The normalized spacial score (nSPS) is 15.2. The third-order valence-corrected chi connectivity index (χ3v) is 3.48. The number of unbranched alkanes of at least 4 members (excludes halogenated alkanes) is 5. The van der Waals surface area contributed by atoms with Gasteiger partial charge in [0.2, 0.25) is 0 Å². The summed E-state index contributed by atoms with van der Waals surface area (Å²) in [5, 5.41) is 0. The van der Waals surface area contributed by atoms with E-state index in [9.17, 15) is 0 Å². The lowest BCUT2D eigenvalue weighted by Gasteiger charge is -2.27. The summed E-state index contributed by atoms with van der Waals surface area (Å²) in [6.07, 6.45) is 12.2. The molecule has 1 atom stereocenters. The van der Waals surface area contributed by atoms with Crippen LogP contribution in [0.15, 0.2) is 0 Å². The van der Waals surface area contributed by atoms with E-state index in [2.05, 4.69) is 20.8 Å². The molecule has 0 aromatic heterocycles.